The molecule has 8 aromatic rings. The number of imide groups is 3. The Bertz CT molecular complexity index is 4850. The number of amides is 6. The first kappa shape index (κ1) is 135. The molecule has 6 amide bonds. The van der Waals surface area contributed by atoms with Gasteiger partial charge in [-0.2, -0.15) is 6.42 Å². The smallest absolute Gasteiger partial charge is 1.00 e. The first-order chi connectivity index (χ1) is 68.8. The average Bonchev–Trinajstić information content (AvgIpc) is 1.65. The van der Waals surface area contributed by atoms with Crippen molar-refractivity contribution in [2.24, 2.45) is 5.73 Å². The largest absolute Gasteiger partial charge is 2.00 e. The standard InChI is InChI=1S/C27H35NO3.C27H33NO3.C19H33NO.C16H25BrO.C11H9NO2.C8H7BrO.C8H17.C4H8O.C2H6O.CH4O.BrH.Mg/c2*1-3-4-5-6-7-10-18-27(2,31)22-15-11-13-21(20-22)14-12-19-28-25(29)23-16-8-9-17-24(23)26(28)30;1-3-4-5-6-7-8-14-19(2,21)18-13-9-11-17(16-18)12-10-15-20;1-3-4-5-6-7-8-12-16(2,18)14-10-9-11-15(17)13-14;1-2-7-12-10(13)8-5-3-4-6-9(8)11(12)14;1-6(10)7-3-2-4-8(9)5-7;1-3-5-7-8-6-4-2;1-2-4-5-3-1;1-2-3;1-2;;/h8-9,11,13,15-17,20,31H,3-7,10,12,14,18-19H2,1-2H3;8-9,11-17,20,31H,3-7,10,18-19H2,1-2H3;9,11,13,16,21H,3-8,10,12,14-15,20H2,1-2H3;9-11,13,18H,3-8,12H2,1-2H3;2-6H,1,7H2;2-5H,1H3;1,3-8H2,2H3;1-4H2;3H,2H2,1H3;2H,1H3;1H;/q;;;;;;-1;;;;;+2/p-1/b;14-12+;;;;;;;;;;. The minimum absolute atomic E-state index is 0. The van der Waals surface area contributed by atoms with Crippen LogP contribution in [0.1, 0.15) is 432 Å². The minimum atomic E-state index is -0.864. The van der Waals surface area contributed by atoms with Crippen molar-refractivity contribution in [3.05, 3.63) is 307 Å². The van der Waals surface area contributed by atoms with Crippen LogP contribution in [-0.4, -0.2) is 163 Å². The molecule has 0 aromatic heterocycles. The molecule has 4 heterocycles. The van der Waals surface area contributed by atoms with Gasteiger partial charge >= 0.3 is 23.1 Å². The maximum absolute atomic E-state index is 12.5. The fourth-order valence-corrected chi connectivity index (χ4v) is 17.7. The van der Waals surface area contributed by atoms with Crippen molar-refractivity contribution < 1.29 is 85.9 Å². The van der Waals surface area contributed by atoms with Crippen molar-refractivity contribution in [1.29, 1.82) is 0 Å². The van der Waals surface area contributed by atoms with E-state index in [9.17, 15) is 54.0 Å². The molecule has 0 radical (unpaired) electrons. The van der Waals surface area contributed by atoms with E-state index in [0.29, 0.717) is 46.3 Å². The van der Waals surface area contributed by atoms with Crippen LogP contribution < -0.4 is 22.7 Å². The quantitative estimate of drug-likeness (QED) is 0.00466. The number of carbonyl (C=O) groups is 7. The molecule has 4 atom stereocenters. The number of ether oxygens (including phenoxy) is 1. The SMILES string of the molecule is C1CCOC1.C=CCN1C(=O)c2ccccc2C1=O.CC(=O)c1cccc(Br)c1.CCCCCCCCC(C)(O)c1cccc(/C=C/CN2C(=O)c3ccccc3C2=O)c1.CCCCCCCCC(C)(O)c1cccc(Br)c1.CCCCCCCCC(C)(O)c1cccc(CCCN)c1.CCCCCCCCC(C)(O)c1cccc(CCCN2C(=O)c3ccccc3C2=O)c1.CCO.CO.[Br-].[CH2-]CCCCCCC.[Mg+2]. The Balaban J connectivity index is 0.000000860. The summed E-state index contributed by atoms with van der Waals surface area (Å²) in [6.07, 6.45) is 52.0. The predicted molar refractivity (Wildman–Crippen MR) is 604 cm³/mol. The van der Waals surface area contributed by atoms with Crippen LogP contribution in [0.25, 0.3) is 6.08 Å². The number of unbranched alkanes of at least 4 members (excludes halogenated alkanes) is 25. The molecule has 8 aromatic carbocycles. The number of halogens is 3. The van der Waals surface area contributed by atoms with Gasteiger partial charge < -0.3 is 65.0 Å². The summed E-state index contributed by atoms with van der Waals surface area (Å²) < 4.78 is 6.92. The van der Waals surface area contributed by atoms with Crippen LogP contribution in [-0.2, 0) is 40.0 Å². The number of carbonyl (C=O) groups excluding carboxylic acids is 7. The molecule has 4 aliphatic heterocycles. The molecule has 0 spiro atoms. The van der Waals surface area contributed by atoms with Gasteiger partial charge in [-0.05, 0) is 218 Å². The zero-order valence-electron chi connectivity index (χ0n) is 90.1. The Morgan fingerprint density at radius 2 is 0.697 bits per heavy atom. The van der Waals surface area contributed by atoms with Crippen LogP contribution in [0, 0.1) is 6.92 Å². The number of nitrogens with two attached hydrogens (primary N) is 1. The summed E-state index contributed by atoms with van der Waals surface area (Å²) in [4.78, 5) is 87.8. The second-order valence-corrected chi connectivity index (χ2v) is 40.0. The molecule has 18 nitrogen and oxygen atoms in total. The second kappa shape index (κ2) is 79.3. The molecule has 145 heavy (non-hydrogen) atoms. The van der Waals surface area contributed by atoms with Crippen LogP contribution in [0.2, 0.25) is 0 Å². The van der Waals surface area contributed by atoms with Crippen molar-refractivity contribution in [2.75, 3.05) is 53.1 Å². The summed E-state index contributed by atoms with van der Waals surface area (Å²) in [7, 11) is 1.00. The summed E-state index contributed by atoms with van der Waals surface area (Å²) in [6, 6.07) is 60.4. The number of aliphatic hydroxyl groups excluding tert-OH is 2. The van der Waals surface area contributed by atoms with Crippen molar-refractivity contribution in [1.82, 2.24) is 14.7 Å². The number of benzene rings is 8. The van der Waals surface area contributed by atoms with E-state index < -0.39 is 22.4 Å². The molecule has 4 aliphatic rings. The Labute approximate surface area is 916 Å². The molecule has 796 valence electrons. The summed E-state index contributed by atoms with van der Waals surface area (Å²) in [5.41, 5.74) is 13.3. The molecule has 0 saturated carbocycles. The first-order valence-corrected chi connectivity index (χ1v) is 54.9. The van der Waals surface area contributed by atoms with Gasteiger partial charge in [0.15, 0.2) is 5.78 Å². The molecule has 8 N–H and O–H groups in total. The Kier molecular flexibility index (Phi) is 74.0. The van der Waals surface area contributed by atoms with Gasteiger partial charge in [0.1, 0.15) is 0 Å². The molecule has 12 rings (SSSR count). The normalized spacial score (nSPS) is 14.0. The number of nitrogens with zero attached hydrogens (tertiary/aromatic N) is 3. The van der Waals surface area contributed by atoms with Crippen molar-refractivity contribution >= 4 is 102 Å². The number of aliphatic hydroxyl groups is 6. The van der Waals surface area contributed by atoms with Gasteiger partial charge in [-0.1, -0.05) is 398 Å². The van der Waals surface area contributed by atoms with Crippen LogP contribution in [0.5, 0.6) is 0 Å². The summed E-state index contributed by atoms with van der Waals surface area (Å²) in [6.45, 7) is 33.2. The van der Waals surface area contributed by atoms with Gasteiger partial charge in [-0.3, -0.25) is 48.3 Å². The van der Waals surface area contributed by atoms with Crippen LogP contribution in [0.15, 0.2) is 222 Å². The Hall–Kier alpha value is -7.78. The zero-order chi connectivity index (χ0) is 106. The van der Waals surface area contributed by atoms with E-state index in [1.54, 1.807) is 98.8 Å². The van der Waals surface area contributed by atoms with Crippen molar-refractivity contribution in [3.63, 3.8) is 0 Å². The van der Waals surface area contributed by atoms with Gasteiger partial charge in [-0.15, -0.1) is 6.58 Å². The van der Waals surface area contributed by atoms with Crippen LogP contribution >= 0.6 is 31.9 Å². The molecule has 1 saturated heterocycles. The summed E-state index contributed by atoms with van der Waals surface area (Å²) in [5.74, 6) is -1.26. The van der Waals surface area contributed by atoms with E-state index in [4.69, 9.17) is 20.7 Å². The summed E-state index contributed by atoms with van der Waals surface area (Å²) in [5, 5.41) is 57.7. The van der Waals surface area contributed by atoms with E-state index in [0.717, 1.165) is 165 Å². The van der Waals surface area contributed by atoms with E-state index in [2.05, 4.69) is 104 Å². The average molecular weight is 2200 g/mol. The topological polar surface area (TPSA) is 286 Å². The van der Waals surface area contributed by atoms with Gasteiger partial charge in [-0.25, -0.2) is 0 Å². The molecule has 1 fully saturated rings. The number of Topliss-reactive ketones (excluding diaryl/α,β-unsaturated/α-hetero) is 1. The van der Waals surface area contributed by atoms with E-state index >= 15 is 0 Å². The second-order valence-electron chi connectivity index (χ2n) is 38.2. The van der Waals surface area contributed by atoms with Crippen LogP contribution in [0.4, 0.5) is 0 Å². The Morgan fingerprint density at radius 1 is 0.400 bits per heavy atom. The number of ketones is 1. The van der Waals surface area contributed by atoms with E-state index in [1.807, 2.05) is 131 Å². The Morgan fingerprint density at radius 3 is 1.01 bits per heavy atom. The number of aryl methyl sites for hydroxylation is 2. The van der Waals surface area contributed by atoms with Gasteiger partial charge in [0.05, 0.1) is 55.8 Å². The summed E-state index contributed by atoms with van der Waals surface area (Å²) >= 11 is 6.73. The number of hydrogen-bond donors (Lipinski definition) is 7. The van der Waals surface area contributed by atoms with Crippen molar-refractivity contribution in [2.45, 2.75) is 355 Å². The molecular formula is C123H177Br3MgN4O14. The molecule has 4 unspecified atom stereocenters. The van der Waals surface area contributed by atoms with Gasteiger partial charge in [0, 0.05) is 61.1 Å². The predicted octanol–water partition coefficient (Wildman–Crippen LogP) is 26.1. The third-order valence-electron chi connectivity index (χ3n) is 25.6. The fraction of sp³-hybridized carbons (Fsp3) is 0.512. The maximum atomic E-state index is 12.5. The monoisotopic (exact) mass is 2200 g/mol. The third-order valence-corrected chi connectivity index (χ3v) is 26.6. The number of rotatable bonds is 50. The van der Waals surface area contributed by atoms with E-state index in [-0.39, 0.29) is 101 Å². The minimum Gasteiger partial charge on any atom is -1.00 e. The van der Waals surface area contributed by atoms with Crippen molar-refractivity contribution in [3.8, 4) is 0 Å². The molecule has 22 heteroatoms. The van der Waals surface area contributed by atoms with Crippen LogP contribution in [0.3, 0.4) is 0 Å². The molecule has 0 bridgehead atoms. The number of fused-ring (bicyclic) bond motifs is 3. The fourth-order valence-electron chi connectivity index (χ4n) is 16.9. The maximum Gasteiger partial charge on any atom is 2.00 e. The van der Waals surface area contributed by atoms with E-state index in [1.165, 1.54) is 181 Å². The first-order valence-electron chi connectivity index (χ1n) is 53.3. The number of hydrogen-bond acceptors (Lipinski definition) is 15. The van der Waals surface area contributed by atoms with Gasteiger partial charge in [0.25, 0.3) is 35.4 Å². The zero-order valence-corrected chi connectivity index (χ0v) is 96.2. The molecule has 0 aliphatic carbocycles. The third kappa shape index (κ3) is 52.5. The van der Waals surface area contributed by atoms with Gasteiger partial charge in [0.2, 0.25) is 0 Å². The molecular weight excluding hydrogens is 2020 g/mol.